The summed E-state index contributed by atoms with van der Waals surface area (Å²) in [5.41, 5.74) is 0.592. The van der Waals surface area contributed by atoms with E-state index in [9.17, 15) is 13.2 Å². The van der Waals surface area contributed by atoms with E-state index in [1.807, 2.05) is 0 Å². The van der Waals surface area contributed by atoms with E-state index in [2.05, 4.69) is 0 Å². The van der Waals surface area contributed by atoms with Crippen LogP contribution in [-0.4, -0.2) is 45.3 Å². The molecule has 7 heteroatoms. The molecule has 3 rings (SSSR count). The third-order valence-electron chi connectivity index (χ3n) is 3.38. The summed E-state index contributed by atoms with van der Waals surface area (Å²) in [7, 11) is -1.60. The number of carbonyl (C=O) groups is 1. The van der Waals surface area contributed by atoms with E-state index in [1.54, 1.807) is 24.3 Å². The fourth-order valence-electron chi connectivity index (χ4n) is 2.53. The Labute approximate surface area is 110 Å². The second-order valence-corrected chi connectivity index (χ2v) is 6.79. The number of hydrogen-bond donors (Lipinski definition) is 0. The zero-order chi connectivity index (χ0) is 13.6. The first-order chi connectivity index (χ1) is 9.00. The second kappa shape index (κ2) is 4.12. The molecule has 0 aliphatic carbocycles. The maximum absolute atomic E-state index is 11.9. The fraction of sp³-hybridized carbons (Fsp3) is 0.417. The minimum absolute atomic E-state index is 0.0549. The molecule has 0 N–H and O–H groups in total. The number of hydrogen-bond acceptors (Lipinski definition) is 5. The molecular formula is C12H13NO5S. The number of fused-ring (bicyclic) bond motifs is 1. The Balaban J connectivity index is 1.97. The highest BCUT2D eigenvalue weighted by molar-refractivity contribution is 7.91. The number of nitrogens with zero attached hydrogens (tertiary/aromatic N) is 1. The van der Waals surface area contributed by atoms with Gasteiger partial charge in [-0.15, -0.1) is 0 Å². The standard InChI is InChI=1S/C12H13NO5S/c1-17-9-4-2-3-8(5-9)13-10-6-19(15,16)7-11(10)18-12(13)14/h2-5,10-11H,6-7H2,1H3/t10-,11-/m1/s1. The van der Waals surface area contributed by atoms with Gasteiger partial charge in [0.1, 0.15) is 11.9 Å². The molecule has 2 saturated heterocycles. The van der Waals surface area contributed by atoms with Crippen molar-refractivity contribution < 1.29 is 22.7 Å². The van der Waals surface area contributed by atoms with E-state index < -0.39 is 28.1 Å². The van der Waals surface area contributed by atoms with E-state index in [-0.39, 0.29) is 11.5 Å². The van der Waals surface area contributed by atoms with Gasteiger partial charge in [0.15, 0.2) is 9.84 Å². The van der Waals surface area contributed by atoms with Gasteiger partial charge in [0.05, 0.1) is 30.3 Å². The first-order valence-electron chi connectivity index (χ1n) is 5.84. The summed E-state index contributed by atoms with van der Waals surface area (Å²) in [4.78, 5) is 13.3. The number of rotatable bonds is 2. The Morgan fingerprint density at radius 1 is 1.37 bits per heavy atom. The average molecular weight is 283 g/mol. The second-order valence-electron chi connectivity index (χ2n) is 4.64. The van der Waals surface area contributed by atoms with Crippen LogP contribution in [0.15, 0.2) is 24.3 Å². The van der Waals surface area contributed by atoms with Gasteiger partial charge in [0, 0.05) is 6.07 Å². The number of amides is 1. The third kappa shape index (κ3) is 2.03. The van der Waals surface area contributed by atoms with Crippen molar-refractivity contribution in [3.63, 3.8) is 0 Å². The third-order valence-corrected chi connectivity index (χ3v) is 5.07. The quantitative estimate of drug-likeness (QED) is 0.803. The predicted molar refractivity (Wildman–Crippen MR) is 68.2 cm³/mol. The van der Waals surface area contributed by atoms with Gasteiger partial charge in [-0.1, -0.05) is 6.07 Å². The average Bonchev–Trinajstić information content (AvgIpc) is 2.79. The molecule has 1 amide bonds. The molecule has 2 atom stereocenters. The number of anilines is 1. The van der Waals surface area contributed by atoms with Crippen LogP contribution in [0, 0.1) is 0 Å². The Morgan fingerprint density at radius 2 is 2.16 bits per heavy atom. The minimum atomic E-state index is -3.14. The van der Waals surface area contributed by atoms with Crippen molar-refractivity contribution in [2.75, 3.05) is 23.5 Å². The summed E-state index contributed by atoms with van der Waals surface area (Å²) in [5, 5.41) is 0. The van der Waals surface area contributed by atoms with Crippen LogP contribution in [0.1, 0.15) is 0 Å². The zero-order valence-electron chi connectivity index (χ0n) is 10.3. The number of carbonyl (C=O) groups excluding carboxylic acids is 1. The normalized spacial score (nSPS) is 28.1. The largest absolute Gasteiger partial charge is 0.497 e. The van der Waals surface area contributed by atoms with Gasteiger partial charge in [0.2, 0.25) is 0 Å². The summed E-state index contributed by atoms with van der Waals surface area (Å²) in [5.74, 6) is 0.458. The summed E-state index contributed by atoms with van der Waals surface area (Å²) >= 11 is 0. The van der Waals surface area contributed by atoms with Crippen LogP contribution in [-0.2, 0) is 14.6 Å². The molecule has 2 heterocycles. The van der Waals surface area contributed by atoms with Gasteiger partial charge in [-0.05, 0) is 12.1 Å². The molecule has 0 radical (unpaired) electrons. The minimum Gasteiger partial charge on any atom is -0.497 e. The van der Waals surface area contributed by atoms with Crippen molar-refractivity contribution in [2.24, 2.45) is 0 Å². The Hall–Kier alpha value is -1.76. The van der Waals surface area contributed by atoms with Crippen LogP contribution in [0.2, 0.25) is 0 Å². The van der Waals surface area contributed by atoms with Gasteiger partial charge >= 0.3 is 6.09 Å². The van der Waals surface area contributed by atoms with Crippen molar-refractivity contribution in [1.82, 2.24) is 0 Å². The maximum atomic E-state index is 11.9. The van der Waals surface area contributed by atoms with Crippen molar-refractivity contribution in [1.29, 1.82) is 0 Å². The molecular weight excluding hydrogens is 270 g/mol. The van der Waals surface area contributed by atoms with Crippen LogP contribution < -0.4 is 9.64 Å². The number of ether oxygens (including phenoxy) is 2. The molecule has 1 aromatic carbocycles. The van der Waals surface area contributed by atoms with Gasteiger partial charge in [0.25, 0.3) is 0 Å². The zero-order valence-corrected chi connectivity index (χ0v) is 11.1. The fourth-order valence-corrected chi connectivity index (χ4v) is 4.34. The van der Waals surface area contributed by atoms with E-state index in [4.69, 9.17) is 9.47 Å². The highest BCUT2D eigenvalue weighted by atomic mass is 32.2. The Morgan fingerprint density at radius 3 is 2.89 bits per heavy atom. The molecule has 6 nitrogen and oxygen atoms in total. The van der Waals surface area contributed by atoms with E-state index in [1.165, 1.54) is 12.0 Å². The smallest absolute Gasteiger partial charge is 0.415 e. The number of methoxy groups -OCH3 is 1. The molecule has 19 heavy (non-hydrogen) atoms. The van der Waals surface area contributed by atoms with Crippen LogP contribution in [0.5, 0.6) is 5.75 Å². The molecule has 0 unspecified atom stereocenters. The topological polar surface area (TPSA) is 72.9 Å². The van der Waals surface area contributed by atoms with E-state index >= 15 is 0 Å². The van der Waals surface area contributed by atoms with Crippen LogP contribution in [0.25, 0.3) is 0 Å². The molecule has 1 aromatic rings. The summed E-state index contributed by atoms with van der Waals surface area (Å²) < 4.78 is 33.4. The number of benzene rings is 1. The van der Waals surface area contributed by atoms with E-state index in [0.717, 1.165) is 0 Å². The first-order valence-corrected chi connectivity index (χ1v) is 7.66. The van der Waals surface area contributed by atoms with Crippen molar-refractivity contribution in [3.8, 4) is 5.75 Å². The Bertz CT molecular complexity index is 627. The summed E-state index contributed by atoms with van der Waals surface area (Å²) in [6.07, 6.45) is -1.07. The van der Waals surface area contributed by atoms with Crippen LogP contribution in [0.4, 0.5) is 10.5 Å². The number of sulfone groups is 1. The molecule has 0 bridgehead atoms. The predicted octanol–water partition coefficient (Wildman–Crippen LogP) is 0.817. The van der Waals surface area contributed by atoms with Gasteiger partial charge in [-0.25, -0.2) is 13.2 Å². The van der Waals surface area contributed by atoms with Gasteiger partial charge in [-0.3, -0.25) is 4.90 Å². The molecule has 2 aliphatic rings. The lowest BCUT2D eigenvalue weighted by Crippen LogP contribution is -2.36. The van der Waals surface area contributed by atoms with Crippen molar-refractivity contribution >= 4 is 21.6 Å². The van der Waals surface area contributed by atoms with Crippen molar-refractivity contribution in [2.45, 2.75) is 12.1 Å². The van der Waals surface area contributed by atoms with Crippen molar-refractivity contribution in [3.05, 3.63) is 24.3 Å². The Kier molecular flexibility index (Phi) is 2.67. The van der Waals surface area contributed by atoms with Crippen LogP contribution >= 0.6 is 0 Å². The van der Waals surface area contributed by atoms with Gasteiger partial charge < -0.3 is 9.47 Å². The molecule has 0 spiro atoms. The lowest BCUT2D eigenvalue weighted by Gasteiger charge is -2.19. The highest BCUT2D eigenvalue weighted by Crippen LogP contribution is 2.34. The lowest BCUT2D eigenvalue weighted by molar-refractivity contribution is 0.147. The van der Waals surface area contributed by atoms with E-state index in [0.29, 0.717) is 11.4 Å². The maximum Gasteiger partial charge on any atom is 0.415 e. The molecule has 102 valence electrons. The molecule has 2 fully saturated rings. The molecule has 0 saturated carbocycles. The SMILES string of the molecule is COc1cccc(N2C(=O)O[C@@H]3CS(=O)(=O)C[C@H]32)c1. The highest BCUT2D eigenvalue weighted by Gasteiger charge is 2.51. The molecule has 0 aromatic heterocycles. The van der Waals surface area contributed by atoms with Gasteiger partial charge in [-0.2, -0.15) is 0 Å². The monoisotopic (exact) mass is 283 g/mol. The molecule has 2 aliphatic heterocycles. The first kappa shape index (κ1) is 12.3. The van der Waals surface area contributed by atoms with Crippen LogP contribution in [0.3, 0.4) is 0 Å². The lowest BCUT2D eigenvalue weighted by atomic mass is 10.2. The summed E-state index contributed by atoms with van der Waals surface area (Å²) in [6, 6.07) is 6.49. The summed E-state index contributed by atoms with van der Waals surface area (Å²) in [6.45, 7) is 0.